The van der Waals surface area contributed by atoms with E-state index in [1.165, 1.54) is 11.3 Å². The molecule has 0 fully saturated rings. The molecule has 0 spiro atoms. The van der Waals surface area contributed by atoms with Crippen molar-refractivity contribution in [1.29, 1.82) is 0 Å². The lowest BCUT2D eigenvalue weighted by Gasteiger charge is -1.99. The zero-order chi connectivity index (χ0) is 9.03. The number of nitrogens with one attached hydrogen (secondary N) is 1. The summed E-state index contributed by atoms with van der Waals surface area (Å²) in [6.45, 7) is 0.261. The van der Waals surface area contributed by atoms with Crippen LogP contribution >= 0.6 is 27.3 Å². The molecule has 0 amide bonds. The van der Waals surface area contributed by atoms with Crippen molar-refractivity contribution in [2.24, 2.45) is 0 Å². The summed E-state index contributed by atoms with van der Waals surface area (Å²) < 4.78 is 24.1. The van der Waals surface area contributed by atoms with Gasteiger partial charge in [0, 0.05) is 5.38 Å². The molecule has 0 aliphatic carbocycles. The lowest BCUT2D eigenvalue weighted by Crippen LogP contribution is -2.23. The predicted octanol–water partition coefficient (Wildman–Crippen LogP) is 0.915. The molecule has 0 unspecified atom stereocenters. The quantitative estimate of drug-likeness (QED) is 0.828. The lowest BCUT2D eigenvalue weighted by molar-refractivity contribution is 0.586. The maximum absolute atomic E-state index is 10.9. The highest BCUT2D eigenvalue weighted by molar-refractivity contribution is 9.10. The van der Waals surface area contributed by atoms with Crippen molar-refractivity contribution >= 4 is 37.3 Å². The minimum atomic E-state index is -3.16. The van der Waals surface area contributed by atoms with Crippen molar-refractivity contribution in [2.75, 3.05) is 4.66 Å². The number of hydrogen-bond donors (Lipinski definition) is 1. The molecule has 68 valence electrons. The van der Waals surface area contributed by atoms with Crippen molar-refractivity contribution in [2.45, 2.75) is 6.54 Å². The predicted molar refractivity (Wildman–Crippen MR) is 51.7 cm³/mol. The molecule has 0 atom stereocenters. The Balaban J connectivity index is 2.47. The Bertz CT molecular complexity index is 321. The van der Waals surface area contributed by atoms with E-state index in [-0.39, 0.29) is 11.2 Å². The molecule has 0 aliphatic heterocycles. The SMILES string of the molecule is O=S(=O)(CBr)NCc1cscn1. The van der Waals surface area contributed by atoms with E-state index in [9.17, 15) is 8.42 Å². The van der Waals surface area contributed by atoms with Gasteiger partial charge in [0.1, 0.15) is 4.66 Å². The Morgan fingerprint density at radius 1 is 1.67 bits per heavy atom. The molecule has 0 aliphatic rings. The van der Waals surface area contributed by atoms with Crippen LogP contribution < -0.4 is 4.72 Å². The number of hydrogen-bond acceptors (Lipinski definition) is 4. The summed E-state index contributed by atoms with van der Waals surface area (Å²) in [6.07, 6.45) is 0. The average Bonchev–Trinajstić information content (AvgIpc) is 2.53. The van der Waals surface area contributed by atoms with Gasteiger partial charge in [0.15, 0.2) is 0 Å². The minimum Gasteiger partial charge on any atom is -0.248 e. The largest absolute Gasteiger partial charge is 0.248 e. The minimum absolute atomic E-state index is 0.0792. The van der Waals surface area contributed by atoms with Crippen LogP contribution in [0.2, 0.25) is 0 Å². The van der Waals surface area contributed by atoms with E-state index in [0.717, 1.165) is 5.69 Å². The number of halogens is 1. The standard InChI is InChI=1S/C5H7BrN2O2S2/c6-3-12(9,10)8-1-5-2-11-4-7-5/h2,4,8H,1,3H2. The molecule has 0 saturated carbocycles. The lowest BCUT2D eigenvalue weighted by atomic mass is 10.5. The second kappa shape index (κ2) is 4.31. The second-order valence-corrected chi connectivity index (χ2v) is 5.85. The van der Waals surface area contributed by atoms with E-state index in [1.54, 1.807) is 10.9 Å². The number of aromatic nitrogens is 1. The molecule has 7 heteroatoms. The molecule has 0 aromatic carbocycles. The van der Waals surface area contributed by atoms with Crippen molar-refractivity contribution in [1.82, 2.24) is 9.71 Å². The number of alkyl halides is 1. The van der Waals surface area contributed by atoms with E-state index in [2.05, 4.69) is 25.6 Å². The van der Waals surface area contributed by atoms with Crippen LogP contribution in [0.3, 0.4) is 0 Å². The summed E-state index contributed by atoms with van der Waals surface area (Å²) in [4.78, 5) is 3.93. The Labute approximate surface area is 83.2 Å². The van der Waals surface area contributed by atoms with E-state index in [1.807, 2.05) is 0 Å². The number of sulfonamides is 1. The smallest absolute Gasteiger partial charge is 0.221 e. The van der Waals surface area contributed by atoms with Gasteiger partial charge in [-0.15, -0.1) is 11.3 Å². The van der Waals surface area contributed by atoms with Crippen LogP contribution in [0, 0.1) is 0 Å². The second-order valence-electron chi connectivity index (χ2n) is 2.02. The fourth-order valence-corrected chi connectivity index (χ4v) is 2.04. The van der Waals surface area contributed by atoms with Gasteiger partial charge in [-0.25, -0.2) is 18.1 Å². The fraction of sp³-hybridized carbons (Fsp3) is 0.400. The van der Waals surface area contributed by atoms with Crippen molar-refractivity contribution in [3.05, 3.63) is 16.6 Å². The molecule has 0 saturated heterocycles. The maximum Gasteiger partial charge on any atom is 0.221 e. The van der Waals surface area contributed by atoms with Crippen LogP contribution in [-0.4, -0.2) is 18.1 Å². The van der Waals surface area contributed by atoms with Crippen LogP contribution in [0.4, 0.5) is 0 Å². The number of nitrogens with zero attached hydrogens (tertiary/aromatic N) is 1. The summed E-state index contributed by atoms with van der Waals surface area (Å²) in [7, 11) is -3.16. The van der Waals surface area contributed by atoms with Crippen molar-refractivity contribution < 1.29 is 8.42 Å². The van der Waals surface area contributed by atoms with Crippen LogP contribution in [-0.2, 0) is 16.6 Å². The van der Waals surface area contributed by atoms with Crippen LogP contribution in [0.15, 0.2) is 10.9 Å². The highest BCUT2D eigenvalue weighted by Gasteiger charge is 2.06. The Hall–Kier alpha value is 0.0200. The molecule has 0 bridgehead atoms. The molecule has 4 nitrogen and oxygen atoms in total. The number of thiazole rings is 1. The molecular formula is C5H7BrN2O2S2. The molecule has 1 aromatic heterocycles. The zero-order valence-electron chi connectivity index (χ0n) is 6.03. The average molecular weight is 271 g/mol. The van der Waals surface area contributed by atoms with Crippen molar-refractivity contribution in [3.8, 4) is 0 Å². The first kappa shape index (κ1) is 10.1. The van der Waals surface area contributed by atoms with E-state index >= 15 is 0 Å². The first-order chi connectivity index (χ1) is 5.64. The Morgan fingerprint density at radius 3 is 2.92 bits per heavy atom. The van der Waals surface area contributed by atoms with Gasteiger partial charge in [-0.2, -0.15) is 0 Å². The van der Waals surface area contributed by atoms with Crippen molar-refractivity contribution in [3.63, 3.8) is 0 Å². The molecule has 12 heavy (non-hydrogen) atoms. The molecular weight excluding hydrogens is 264 g/mol. The van der Waals surface area contributed by atoms with E-state index < -0.39 is 10.0 Å². The van der Waals surface area contributed by atoms with Crippen LogP contribution in [0.5, 0.6) is 0 Å². The third kappa shape index (κ3) is 3.18. The highest BCUT2D eigenvalue weighted by atomic mass is 79.9. The van der Waals surface area contributed by atoms with E-state index in [0.29, 0.717) is 0 Å². The van der Waals surface area contributed by atoms with Gasteiger partial charge in [-0.1, -0.05) is 15.9 Å². The monoisotopic (exact) mass is 270 g/mol. The Kier molecular flexibility index (Phi) is 3.63. The fourth-order valence-electron chi connectivity index (χ4n) is 0.547. The summed E-state index contributed by atoms with van der Waals surface area (Å²) in [5, 5.41) is 1.80. The molecule has 1 heterocycles. The van der Waals surface area contributed by atoms with E-state index in [4.69, 9.17) is 0 Å². The summed E-state index contributed by atoms with van der Waals surface area (Å²) in [5.41, 5.74) is 2.40. The third-order valence-electron chi connectivity index (χ3n) is 1.10. The molecule has 0 radical (unpaired) electrons. The molecule has 1 N–H and O–H groups in total. The van der Waals surface area contributed by atoms with Gasteiger partial charge in [0.2, 0.25) is 10.0 Å². The third-order valence-corrected chi connectivity index (χ3v) is 4.42. The maximum atomic E-state index is 10.9. The van der Waals surface area contributed by atoms with Crippen LogP contribution in [0.1, 0.15) is 5.69 Å². The van der Waals surface area contributed by atoms with Gasteiger partial charge >= 0.3 is 0 Å². The Morgan fingerprint density at radius 2 is 2.42 bits per heavy atom. The summed E-state index contributed by atoms with van der Waals surface area (Å²) >= 11 is 4.31. The topological polar surface area (TPSA) is 59.1 Å². The molecule has 1 aromatic rings. The van der Waals surface area contributed by atoms with Crippen LogP contribution in [0.25, 0.3) is 0 Å². The first-order valence-electron chi connectivity index (χ1n) is 3.04. The normalized spacial score (nSPS) is 11.8. The summed E-state index contributed by atoms with van der Waals surface area (Å²) in [5.74, 6) is 0. The first-order valence-corrected chi connectivity index (χ1v) is 6.76. The molecule has 1 rings (SSSR count). The van der Waals surface area contributed by atoms with Gasteiger partial charge in [0.05, 0.1) is 17.7 Å². The number of rotatable bonds is 4. The van der Waals surface area contributed by atoms with Gasteiger partial charge < -0.3 is 0 Å². The van der Waals surface area contributed by atoms with Gasteiger partial charge in [-0.3, -0.25) is 0 Å². The summed E-state index contributed by atoms with van der Waals surface area (Å²) in [6, 6.07) is 0. The van der Waals surface area contributed by atoms with Gasteiger partial charge in [0.25, 0.3) is 0 Å². The zero-order valence-corrected chi connectivity index (χ0v) is 9.25. The van der Waals surface area contributed by atoms with Gasteiger partial charge in [-0.05, 0) is 0 Å². The highest BCUT2D eigenvalue weighted by Crippen LogP contribution is 2.01.